The van der Waals surface area contributed by atoms with Gasteiger partial charge in [-0.15, -0.1) is 11.8 Å². The van der Waals surface area contributed by atoms with Gasteiger partial charge in [0.05, 0.1) is 11.5 Å². The lowest BCUT2D eigenvalue weighted by Crippen LogP contribution is -2.27. The van der Waals surface area contributed by atoms with Crippen LogP contribution in [0.25, 0.3) is 0 Å². The second-order valence-corrected chi connectivity index (χ2v) is 4.12. The first-order valence-electron chi connectivity index (χ1n) is 4.24. The molecule has 1 aliphatic carbocycles. The molecule has 1 rings (SSSR count). The van der Waals surface area contributed by atoms with Crippen molar-refractivity contribution < 1.29 is 14.7 Å². The average molecular weight is 203 g/mol. The lowest BCUT2D eigenvalue weighted by atomic mass is 10.4. The van der Waals surface area contributed by atoms with Crippen molar-refractivity contribution in [1.82, 2.24) is 5.32 Å². The fourth-order valence-electron chi connectivity index (χ4n) is 0.862. The Morgan fingerprint density at radius 1 is 1.38 bits per heavy atom. The highest BCUT2D eigenvalue weighted by atomic mass is 32.2. The van der Waals surface area contributed by atoms with Crippen molar-refractivity contribution >= 4 is 23.6 Å². The summed E-state index contributed by atoms with van der Waals surface area (Å²) in [5, 5.41) is 11.1. The van der Waals surface area contributed by atoms with Crippen LogP contribution < -0.4 is 5.32 Å². The number of thioether (sulfide) groups is 1. The van der Waals surface area contributed by atoms with Crippen molar-refractivity contribution in [2.45, 2.75) is 12.8 Å². The Bertz CT molecular complexity index is 204. The highest BCUT2D eigenvalue weighted by molar-refractivity contribution is 8.00. The van der Waals surface area contributed by atoms with Crippen LogP contribution in [0.15, 0.2) is 0 Å². The second-order valence-electron chi connectivity index (χ2n) is 3.13. The fourth-order valence-corrected chi connectivity index (χ4v) is 1.43. The van der Waals surface area contributed by atoms with Crippen LogP contribution in [0.1, 0.15) is 12.8 Å². The lowest BCUT2D eigenvalue weighted by Gasteiger charge is -2.01. The molecule has 0 atom stereocenters. The molecule has 0 aliphatic heterocycles. The van der Waals surface area contributed by atoms with E-state index in [0.717, 1.165) is 18.3 Å². The van der Waals surface area contributed by atoms with Crippen LogP contribution in [-0.4, -0.2) is 35.0 Å². The topological polar surface area (TPSA) is 66.4 Å². The Morgan fingerprint density at radius 3 is 2.62 bits per heavy atom. The summed E-state index contributed by atoms with van der Waals surface area (Å²) < 4.78 is 0. The fraction of sp³-hybridized carbons (Fsp3) is 0.750. The van der Waals surface area contributed by atoms with E-state index in [0.29, 0.717) is 5.92 Å². The van der Waals surface area contributed by atoms with Gasteiger partial charge in [-0.05, 0) is 18.8 Å². The molecule has 2 N–H and O–H groups in total. The van der Waals surface area contributed by atoms with Crippen molar-refractivity contribution in [3.05, 3.63) is 0 Å². The molecular weight excluding hydrogens is 190 g/mol. The molecule has 0 radical (unpaired) electrons. The number of carbonyl (C=O) groups excluding carboxylic acids is 1. The van der Waals surface area contributed by atoms with Crippen molar-refractivity contribution in [2.24, 2.45) is 5.92 Å². The molecule has 1 fully saturated rings. The Balaban J connectivity index is 1.93. The van der Waals surface area contributed by atoms with Crippen LogP contribution in [-0.2, 0) is 9.59 Å². The zero-order valence-electron chi connectivity index (χ0n) is 7.28. The molecule has 0 spiro atoms. The summed E-state index contributed by atoms with van der Waals surface area (Å²) in [6, 6.07) is 0. The van der Waals surface area contributed by atoms with Crippen LogP contribution in [0.2, 0.25) is 0 Å². The van der Waals surface area contributed by atoms with Gasteiger partial charge in [0.2, 0.25) is 5.91 Å². The number of carboxylic acids is 1. The third-order valence-electron chi connectivity index (χ3n) is 1.74. The van der Waals surface area contributed by atoms with Crippen molar-refractivity contribution in [1.29, 1.82) is 0 Å². The molecule has 0 bridgehead atoms. The zero-order valence-corrected chi connectivity index (χ0v) is 8.10. The van der Waals surface area contributed by atoms with Gasteiger partial charge in [-0.2, -0.15) is 0 Å². The van der Waals surface area contributed by atoms with E-state index < -0.39 is 5.97 Å². The molecule has 0 saturated heterocycles. The number of aliphatic carboxylic acids is 1. The molecule has 74 valence electrons. The van der Waals surface area contributed by atoms with Gasteiger partial charge in [0.25, 0.3) is 0 Å². The van der Waals surface area contributed by atoms with E-state index in [2.05, 4.69) is 5.32 Å². The number of amides is 1. The highest BCUT2D eigenvalue weighted by Crippen LogP contribution is 2.27. The van der Waals surface area contributed by atoms with Crippen LogP contribution >= 0.6 is 11.8 Å². The summed E-state index contributed by atoms with van der Waals surface area (Å²) in [5.41, 5.74) is 0. The van der Waals surface area contributed by atoms with Gasteiger partial charge in [-0.3, -0.25) is 9.59 Å². The van der Waals surface area contributed by atoms with Gasteiger partial charge in [0, 0.05) is 6.54 Å². The Hall–Kier alpha value is -0.710. The minimum absolute atomic E-state index is 0.00313. The van der Waals surface area contributed by atoms with Crippen molar-refractivity contribution in [3.63, 3.8) is 0 Å². The smallest absolute Gasteiger partial charge is 0.313 e. The van der Waals surface area contributed by atoms with E-state index in [1.165, 1.54) is 12.8 Å². The first kappa shape index (κ1) is 10.4. The van der Waals surface area contributed by atoms with Gasteiger partial charge in [-0.1, -0.05) is 0 Å². The summed E-state index contributed by atoms with van der Waals surface area (Å²) in [5.74, 6) is -0.0119. The third kappa shape index (κ3) is 5.52. The summed E-state index contributed by atoms with van der Waals surface area (Å²) in [6.07, 6.45) is 2.42. The van der Waals surface area contributed by atoms with E-state index >= 15 is 0 Å². The number of nitrogens with one attached hydrogen (secondary N) is 1. The predicted molar refractivity (Wildman–Crippen MR) is 50.7 cm³/mol. The number of hydrogen-bond donors (Lipinski definition) is 2. The van der Waals surface area contributed by atoms with Crippen molar-refractivity contribution in [2.75, 3.05) is 18.1 Å². The molecule has 0 heterocycles. The molecule has 0 aromatic rings. The standard InChI is InChI=1S/C8H13NO3S/c10-7(4-13-5-8(11)12)9-3-6-1-2-6/h6H,1-5H2,(H,9,10)(H,11,12). The van der Waals surface area contributed by atoms with E-state index in [4.69, 9.17) is 5.11 Å². The Labute approximate surface area is 81.1 Å². The number of carboxylic acid groups (broad SMARTS) is 1. The van der Waals surface area contributed by atoms with E-state index in [9.17, 15) is 9.59 Å². The minimum Gasteiger partial charge on any atom is -0.481 e. The van der Waals surface area contributed by atoms with Gasteiger partial charge in [0.15, 0.2) is 0 Å². The van der Waals surface area contributed by atoms with Gasteiger partial charge in [0.1, 0.15) is 0 Å². The molecule has 1 aliphatic rings. The maximum atomic E-state index is 11.0. The summed E-state index contributed by atoms with van der Waals surface area (Å²) in [6.45, 7) is 0.756. The first-order chi connectivity index (χ1) is 6.18. The van der Waals surface area contributed by atoms with Crippen LogP contribution in [0, 0.1) is 5.92 Å². The molecule has 4 nitrogen and oxygen atoms in total. The van der Waals surface area contributed by atoms with Crippen LogP contribution in [0.5, 0.6) is 0 Å². The van der Waals surface area contributed by atoms with Gasteiger partial charge in [-0.25, -0.2) is 0 Å². The normalized spacial score (nSPS) is 15.4. The first-order valence-corrected chi connectivity index (χ1v) is 5.40. The highest BCUT2D eigenvalue weighted by Gasteiger charge is 2.21. The predicted octanol–water partition coefficient (Wildman–Crippen LogP) is 0.330. The summed E-state index contributed by atoms with van der Waals surface area (Å²) >= 11 is 1.13. The molecule has 1 amide bonds. The number of carbonyl (C=O) groups is 2. The second kappa shape index (κ2) is 5.11. The van der Waals surface area contributed by atoms with E-state index in [1.54, 1.807) is 0 Å². The number of hydrogen-bond acceptors (Lipinski definition) is 3. The molecule has 0 aromatic heterocycles. The Kier molecular flexibility index (Phi) is 4.08. The van der Waals surface area contributed by atoms with Crippen molar-refractivity contribution in [3.8, 4) is 0 Å². The molecule has 0 aromatic carbocycles. The third-order valence-corrected chi connectivity index (χ3v) is 2.66. The van der Waals surface area contributed by atoms with Crippen LogP contribution in [0.4, 0.5) is 0 Å². The zero-order chi connectivity index (χ0) is 9.68. The van der Waals surface area contributed by atoms with Gasteiger partial charge < -0.3 is 10.4 Å². The lowest BCUT2D eigenvalue weighted by molar-refractivity contribution is -0.133. The minimum atomic E-state index is -0.875. The van der Waals surface area contributed by atoms with Gasteiger partial charge >= 0.3 is 5.97 Å². The quantitative estimate of drug-likeness (QED) is 0.653. The number of rotatable bonds is 6. The largest absolute Gasteiger partial charge is 0.481 e. The Morgan fingerprint density at radius 2 is 2.08 bits per heavy atom. The maximum absolute atomic E-state index is 11.0. The summed E-state index contributed by atoms with van der Waals surface area (Å²) in [7, 11) is 0. The SMILES string of the molecule is O=C(O)CSCC(=O)NCC1CC1. The molecular formula is C8H13NO3S. The average Bonchev–Trinajstić information content (AvgIpc) is 2.83. The molecule has 0 unspecified atom stereocenters. The molecule has 1 saturated carbocycles. The van der Waals surface area contributed by atoms with E-state index in [1.807, 2.05) is 0 Å². The molecule has 13 heavy (non-hydrogen) atoms. The summed E-state index contributed by atoms with van der Waals surface area (Å²) in [4.78, 5) is 21.1. The maximum Gasteiger partial charge on any atom is 0.313 e. The monoisotopic (exact) mass is 203 g/mol. The van der Waals surface area contributed by atoms with E-state index in [-0.39, 0.29) is 17.4 Å². The molecule has 5 heteroatoms. The van der Waals surface area contributed by atoms with Crippen LogP contribution in [0.3, 0.4) is 0 Å².